The van der Waals surface area contributed by atoms with Crippen LogP contribution in [0.25, 0.3) is 0 Å². The van der Waals surface area contributed by atoms with Crippen LogP contribution in [-0.4, -0.2) is 43.3 Å². The van der Waals surface area contributed by atoms with Crippen LogP contribution in [0.2, 0.25) is 0 Å². The predicted molar refractivity (Wildman–Crippen MR) is 78.6 cm³/mol. The minimum Gasteiger partial charge on any atom is -0.459 e. The van der Waals surface area contributed by atoms with E-state index in [9.17, 15) is 9.59 Å². The third-order valence-corrected chi connectivity index (χ3v) is 4.20. The van der Waals surface area contributed by atoms with Crippen molar-refractivity contribution in [3.63, 3.8) is 0 Å². The Kier molecular flexibility index (Phi) is 4.85. The molecule has 0 amide bonds. The fraction of sp³-hybridized carbons (Fsp3) is 0.529. The number of carbonyl (C=O) groups excluding carboxylic acids is 2. The summed E-state index contributed by atoms with van der Waals surface area (Å²) in [5.74, 6) is -0.328. The molecule has 0 radical (unpaired) electrons. The summed E-state index contributed by atoms with van der Waals surface area (Å²) >= 11 is 0. The molecule has 2 heterocycles. The topological polar surface area (TPSA) is 61.8 Å². The molecule has 0 aromatic heterocycles. The molecule has 0 aliphatic carbocycles. The molecular formula is C17H20O5. The molecule has 0 spiro atoms. The van der Waals surface area contributed by atoms with E-state index in [2.05, 4.69) is 0 Å². The Morgan fingerprint density at radius 1 is 1.09 bits per heavy atom. The van der Waals surface area contributed by atoms with Crippen molar-refractivity contribution in [3.8, 4) is 0 Å². The molecular weight excluding hydrogens is 284 g/mol. The molecule has 5 nitrogen and oxygen atoms in total. The number of ether oxygens (including phenoxy) is 3. The second-order valence-corrected chi connectivity index (χ2v) is 5.76. The monoisotopic (exact) mass is 304 g/mol. The maximum absolute atomic E-state index is 11.9. The van der Waals surface area contributed by atoms with Gasteiger partial charge in [0, 0.05) is 0 Å². The van der Waals surface area contributed by atoms with Crippen LogP contribution >= 0.6 is 0 Å². The molecule has 118 valence electrons. The average molecular weight is 304 g/mol. The lowest BCUT2D eigenvalue weighted by molar-refractivity contribution is -0.122. The van der Waals surface area contributed by atoms with Gasteiger partial charge in [0.25, 0.3) is 0 Å². The highest BCUT2D eigenvalue weighted by atomic mass is 16.6. The smallest absolute Gasteiger partial charge is 0.338 e. The Morgan fingerprint density at radius 2 is 1.82 bits per heavy atom. The average Bonchev–Trinajstić information content (AvgIpc) is 3.22. The van der Waals surface area contributed by atoms with Crippen molar-refractivity contribution in [2.24, 2.45) is 0 Å². The highest BCUT2D eigenvalue weighted by molar-refractivity contribution is 5.89. The molecule has 0 unspecified atom stereocenters. The van der Waals surface area contributed by atoms with Gasteiger partial charge in [-0.3, -0.25) is 0 Å². The number of hydrogen-bond acceptors (Lipinski definition) is 5. The molecule has 1 aromatic carbocycles. The largest absolute Gasteiger partial charge is 0.459 e. The summed E-state index contributed by atoms with van der Waals surface area (Å²) in [6, 6.07) is 8.92. The highest BCUT2D eigenvalue weighted by Gasteiger charge is 2.37. The van der Waals surface area contributed by atoms with E-state index < -0.39 is 0 Å². The van der Waals surface area contributed by atoms with Gasteiger partial charge in [-0.2, -0.15) is 0 Å². The number of benzene rings is 1. The van der Waals surface area contributed by atoms with Gasteiger partial charge in [-0.25, -0.2) is 4.79 Å². The highest BCUT2D eigenvalue weighted by Crippen LogP contribution is 2.30. The maximum Gasteiger partial charge on any atom is 0.338 e. The quantitative estimate of drug-likeness (QED) is 0.616. The number of rotatable bonds is 5. The van der Waals surface area contributed by atoms with Gasteiger partial charge in [-0.1, -0.05) is 18.2 Å². The zero-order valence-electron chi connectivity index (χ0n) is 12.4. The molecule has 22 heavy (non-hydrogen) atoms. The van der Waals surface area contributed by atoms with Crippen molar-refractivity contribution >= 4 is 12.3 Å². The molecule has 0 N–H and O–H groups in total. The van der Waals surface area contributed by atoms with Gasteiger partial charge in [0.1, 0.15) is 19.0 Å². The second kappa shape index (κ2) is 7.03. The van der Waals surface area contributed by atoms with E-state index in [-0.39, 0.29) is 37.0 Å². The summed E-state index contributed by atoms with van der Waals surface area (Å²) in [7, 11) is 0. The molecule has 5 heteroatoms. The van der Waals surface area contributed by atoms with Crippen molar-refractivity contribution < 1.29 is 23.8 Å². The van der Waals surface area contributed by atoms with Crippen molar-refractivity contribution in [1.29, 1.82) is 0 Å². The van der Waals surface area contributed by atoms with E-state index >= 15 is 0 Å². The first-order chi connectivity index (χ1) is 10.8. The number of hydrogen-bond donors (Lipinski definition) is 0. The van der Waals surface area contributed by atoms with E-state index in [0.29, 0.717) is 5.56 Å². The maximum atomic E-state index is 11.9. The summed E-state index contributed by atoms with van der Waals surface area (Å²) in [5, 5.41) is 0. The minimum absolute atomic E-state index is 0.00498. The molecule has 2 aliphatic heterocycles. The zero-order valence-corrected chi connectivity index (χ0v) is 12.4. The van der Waals surface area contributed by atoms with Gasteiger partial charge in [0.05, 0.1) is 23.9 Å². The summed E-state index contributed by atoms with van der Waals surface area (Å²) in [4.78, 5) is 22.6. The number of aldehydes is 1. The van der Waals surface area contributed by atoms with Crippen LogP contribution in [0.15, 0.2) is 30.3 Å². The Balaban J connectivity index is 1.44. The molecule has 0 saturated carbocycles. The molecule has 1 aromatic rings. The van der Waals surface area contributed by atoms with Crippen molar-refractivity contribution in [1.82, 2.24) is 0 Å². The van der Waals surface area contributed by atoms with Gasteiger partial charge in [0.15, 0.2) is 0 Å². The van der Waals surface area contributed by atoms with Crippen LogP contribution in [0.5, 0.6) is 0 Å². The van der Waals surface area contributed by atoms with Crippen molar-refractivity contribution in [2.75, 3.05) is 6.61 Å². The second-order valence-electron chi connectivity index (χ2n) is 5.76. The van der Waals surface area contributed by atoms with Gasteiger partial charge in [0.2, 0.25) is 0 Å². The normalized spacial score (nSPS) is 31.1. The first-order valence-electron chi connectivity index (χ1n) is 7.74. The van der Waals surface area contributed by atoms with Gasteiger partial charge < -0.3 is 19.0 Å². The van der Waals surface area contributed by atoms with Gasteiger partial charge in [-0.05, 0) is 37.8 Å². The Hall–Kier alpha value is -1.72. The SMILES string of the molecule is O=C[C@H]1CC[C@@H]([C@@H]2CC[C@H](COC(=O)c3ccccc3)O2)O1. The molecule has 4 atom stereocenters. The van der Waals surface area contributed by atoms with Crippen LogP contribution in [0.1, 0.15) is 36.0 Å². The van der Waals surface area contributed by atoms with Crippen molar-refractivity contribution in [3.05, 3.63) is 35.9 Å². The lowest BCUT2D eigenvalue weighted by Crippen LogP contribution is -2.28. The van der Waals surface area contributed by atoms with E-state index in [1.165, 1.54) is 0 Å². The van der Waals surface area contributed by atoms with Crippen LogP contribution in [-0.2, 0) is 19.0 Å². The Bertz CT molecular complexity index is 515. The standard InChI is InChI=1S/C17H20O5/c18-10-13-6-8-15(21-13)16-9-7-14(22-16)11-20-17(19)12-4-2-1-3-5-12/h1-5,10,13-16H,6-9,11H2/t13-,14-,15+,16+/m1/s1. The van der Waals surface area contributed by atoms with Crippen LogP contribution in [0.4, 0.5) is 0 Å². The van der Waals surface area contributed by atoms with Gasteiger partial charge in [-0.15, -0.1) is 0 Å². The molecule has 3 rings (SSSR count). The van der Waals surface area contributed by atoms with Crippen LogP contribution < -0.4 is 0 Å². The summed E-state index contributed by atoms with van der Waals surface area (Å²) in [6.07, 6.45) is 3.82. The first-order valence-corrected chi connectivity index (χ1v) is 7.74. The van der Waals surface area contributed by atoms with E-state index in [1.54, 1.807) is 24.3 Å². The zero-order chi connectivity index (χ0) is 15.4. The number of carbonyl (C=O) groups is 2. The third kappa shape index (κ3) is 3.54. The lowest BCUT2D eigenvalue weighted by Gasteiger charge is -2.19. The summed E-state index contributed by atoms with van der Waals surface area (Å²) in [6.45, 7) is 0.258. The van der Waals surface area contributed by atoms with E-state index in [1.807, 2.05) is 6.07 Å². The molecule has 2 aliphatic rings. The molecule has 2 saturated heterocycles. The van der Waals surface area contributed by atoms with Crippen molar-refractivity contribution in [2.45, 2.75) is 50.1 Å². The fourth-order valence-electron chi connectivity index (χ4n) is 3.02. The van der Waals surface area contributed by atoms with E-state index in [0.717, 1.165) is 32.0 Å². The lowest BCUT2D eigenvalue weighted by atomic mass is 10.1. The minimum atomic E-state index is -0.328. The Labute approximate surface area is 129 Å². The Morgan fingerprint density at radius 3 is 2.55 bits per heavy atom. The predicted octanol–water partition coefficient (Wildman–Crippen LogP) is 2.14. The third-order valence-electron chi connectivity index (χ3n) is 4.20. The van der Waals surface area contributed by atoms with Crippen LogP contribution in [0.3, 0.4) is 0 Å². The van der Waals surface area contributed by atoms with Crippen LogP contribution in [0, 0.1) is 0 Å². The summed E-state index contributed by atoms with van der Waals surface area (Å²) < 4.78 is 16.8. The fourth-order valence-corrected chi connectivity index (χ4v) is 3.02. The number of esters is 1. The van der Waals surface area contributed by atoms with Gasteiger partial charge >= 0.3 is 5.97 Å². The summed E-state index contributed by atoms with van der Waals surface area (Å²) in [5.41, 5.74) is 0.546. The first kappa shape index (κ1) is 15.2. The molecule has 2 fully saturated rings. The molecule has 0 bridgehead atoms. The van der Waals surface area contributed by atoms with E-state index in [4.69, 9.17) is 14.2 Å².